The van der Waals surface area contributed by atoms with Crippen molar-refractivity contribution in [2.24, 2.45) is 0 Å². The van der Waals surface area contributed by atoms with Crippen LogP contribution in [0.1, 0.15) is 28.8 Å². The average Bonchev–Trinajstić information content (AvgIpc) is 3.18. The fourth-order valence-electron chi connectivity index (χ4n) is 3.73. The van der Waals surface area contributed by atoms with Crippen LogP contribution in [0.3, 0.4) is 0 Å². The quantitative estimate of drug-likeness (QED) is 0.732. The molecule has 1 aliphatic rings. The molecule has 0 atom stereocenters. The van der Waals surface area contributed by atoms with Gasteiger partial charge in [-0.25, -0.2) is 0 Å². The lowest BCUT2D eigenvalue weighted by Crippen LogP contribution is -2.05. The number of methoxy groups -OCH3 is 1. The van der Waals surface area contributed by atoms with Crippen molar-refractivity contribution in [3.05, 3.63) is 64.8 Å². The number of hydrogen-bond acceptors (Lipinski definition) is 2. The van der Waals surface area contributed by atoms with Crippen molar-refractivity contribution in [3.8, 4) is 11.8 Å². The van der Waals surface area contributed by atoms with Crippen LogP contribution in [-0.4, -0.2) is 11.7 Å². The minimum absolute atomic E-state index is 0.738. The Morgan fingerprint density at radius 1 is 1.17 bits per heavy atom. The fourth-order valence-corrected chi connectivity index (χ4v) is 3.73. The highest BCUT2D eigenvalue weighted by Crippen LogP contribution is 2.35. The molecule has 0 unspecified atom stereocenters. The van der Waals surface area contributed by atoms with Gasteiger partial charge >= 0.3 is 0 Å². The molecule has 0 saturated carbocycles. The largest absolute Gasteiger partial charge is 0.496 e. The third-order valence-electron chi connectivity index (χ3n) is 4.78. The van der Waals surface area contributed by atoms with E-state index in [0.29, 0.717) is 0 Å². The summed E-state index contributed by atoms with van der Waals surface area (Å²) in [5.41, 5.74) is 5.99. The smallest absolute Gasteiger partial charge is 0.123 e. The van der Waals surface area contributed by atoms with Crippen LogP contribution in [0.5, 0.6) is 5.75 Å². The molecule has 0 bridgehead atoms. The molecule has 0 aliphatic heterocycles. The molecule has 0 radical (unpaired) electrons. The van der Waals surface area contributed by atoms with Crippen LogP contribution in [0.15, 0.2) is 42.5 Å². The van der Waals surface area contributed by atoms with Crippen molar-refractivity contribution in [2.45, 2.75) is 25.8 Å². The van der Waals surface area contributed by atoms with Gasteiger partial charge in [-0.2, -0.15) is 5.26 Å². The summed E-state index contributed by atoms with van der Waals surface area (Å²) in [6, 6.07) is 16.5. The van der Waals surface area contributed by atoms with Crippen LogP contribution in [0.25, 0.3) is 10.9 Å². The zero-order valence-corrected chi connectivity index (χ0v) is 13.2. The van der Waals surface area contributed by atoms with E-state index in [2.05, 4.69) is 28.8 Å². The van der Waals surface area contributed by atoms with Crippen molar-refractivity contribution in [3.63, 3.8) is 0 Å². The molecule has 3 heteroatoms. The normalized spacial score (nSPS) is 13.0. The van der Waals surface area contributed by atoms with Gasteiger partial charge in [-0.3, -0.25) is 0 Å². The lowest BCUT2D eigenvalue weighted by Gasteiger charge is -2.13. The summed E-state index contributed by atoms with van der Waals surface area (Å²) in [4.78, 5) is 0. The second-order valence-electron chi connectivity index (χ2n) is 6.02. The Hall–Kier alpha value is -2.73. The summed E-state index contributed by atoms with van der Waals surface area (Å²) in [7, 11) is 1.72. The molecule has 23 heavy (non-hydrogen) atoms. The van der Waals surface area contributed by atoms with Gasteiger partial charge in [-0.15, -0.1) is 0 Å². The molecule has 3 nitrogen and oxygen atoms in total. The van der Waals surface area contributed by atoms with Gasteiger partial charge in [0.15, 0.2) is 0 Å². The molecule has 0 saturated heterocycles. The zero-order valence-electron chi connectivity index (χ0n) is 13.2. The van der Waals surface area contributed by atoms with Crippen molar-refractivity contribution >= 4 is 10.9 Å². The highest BCUT2D eigenvalue weighted by atomic mass is 16.5. The van der Waals surface area contributed by atoms with Crippen molar-refractivity contribution < 1.29 is 4.74 Å². The number of benzene rings is 2. The summed E-state index contributed by atoms with van der Waals surface area (Å²) < 4.78 is 7.91. The number of para-hydroxylation sites is 1. The molecular formula is C20H18N2O. The molecule has 3 aromatic rings. The maximum Gasteiger partial charge on any atom is 0.123 e. The molecule has 0 fully saturated rings. The number of nitriles is 1. The topological polar surface area (TPSA) is 38.0 Å². The predicted molar refractivity (Wildman–Crippen MR) is 90.8 cm³/mol. The maximum absolute atomic E-state index is 9.18. The van der Waals surface area contributed by atoms with Crippen LogP contribution >= 0.6 is 0 Å². The van der Waals surface area contributed by atoms with E-state index in [1.807, 2.05) is 24.3 Å². The fraction of sp³-hybridized carbons (Fsp3) is 0.250. The van der Waals surface area contributed by atoms with Gasteiger partial charge in [0.05, 0.1) is 25.3 Å². The highest BCUT2D eigenvalue weighted by Gasteiger charge is 2.22. The first-order valence-corrected chi connectivity index (χ1v) is 7.98. The molecule has 1 aromatic heterocycles. The van der Waals surface area contributed by atoms with E-state index in [-0.39, 0.29) is 0 Å². The van der Waals surface area contributed by atoms with Crippen LogP contribution in [-0.2, 0) is 19.4 Å². The Bertz CT molecular complexity index is 931. The molecule has 114 valence electrons. The minimum atomic E-state index is 0.738. The Balaban J connectivity index is 1.89. The third kappa shape index (κ3) is 2.19. The van der Waals surface area contributed by atoms with Crippen LogP contribution < -0.4 is 4.74 Å². The first kappa shape index (κ1) is 13.9. The molecule has 4 rings (SSSR count). The van der Waals surface area contributed by atoms with E-state index in [1.165, 1.54) is 34.1 Å². The molecule has 2 aromatic carbocycles. The Kier molecular flexibility index (Phi) is 3.31. The van der Waals surface area contributed by atoms with Crippen molar-refractivity contribution in [1.29, 1.82) is 5.26 Å². The highest BCUT2D eigenvalue weighted by molar-refractivity contribution is 5.87. The summed E-state index contributed by atoms with van der Waals surface area (Å²) >= 11 is 0. The van der Waals surface area contributed by atoms with Crippen molar-refractivity contribution in [1.82, 2.24) is 4.57 Å². The molecule has 0 amide bonds. The van der Waals surface area contributed by atoms with Crippen LogP contribution in [0.2, 0.25) is 0 Å². The Morgan fingerprint density at radius 2 is 2.04 bits per heavy atom. The zero-order chi connectivity index (χ0) is 15.8. The monoisotopic (exact) mass is 302 g/mol. The molecule has 0 N–H and O–H groups in total. The Morgan fingerprint density at radius 3 is 2.87 bits per heavy atom. The van der Waals surface area contributed by atoms with E-state index >= 15 is 0 Å². The van der Waals surface area contributed by atoms with Gasteiger partial charge in [0, 0.05) is 22.2 Å². The van der Waals surface area contributed by atoms with Crippen molar-refractivity contribution in [2.75, 3.05) is 7.11 Å². The SMILES string of the molecule is COc1ccccc1Cn1c2c(c3cc(C#N)ccc31)CCC2. The number of ether oxygens (including phenoxy) is 1. The van der Waals surface area contributed by atoms with Gasteiger partial charge < -0.3 is 9.30 Å². The van der Waals surface area contributed by atoms with Gasteiger partial charge in [-0.1, -0.05) is 18.2 Å². The van der Waals surface area contributed by atoms with E-state index in [1.54, 1.807) is 7.11 Å². The number of aromatic nitrogens is 1. The van der Waals surface area contributed by atoms with E-state index in [0.717, 1.165) is 30.7 Å². The first-order valence-electron chi connectivity index (χ1n) is 7.98. The minimum Gasteiger partial charge on any atom is -0.496 e. The summed E-state index contributed by atoms with van der Waals surface area (Å²) in [5.74, 6) is 0.926. The second kappa shape index (κ2) is 5.48. The number of rotatable bonds is 3. The number of hydrogen-bond donors (Lipinski definition) is 0. The lowest BCUT2D eigenvalue weighted by atomic mass is 10.1. The van der Waals surface area contributed by atoms with Crippen LogP contribution in [0, 0.1) is 11.3 Å². The number of nitrogens with zero attached hydrogens (tertiary/aromatic N) is 2. The van der Waals surface area contributed by atoms with Gasteiger partial charge in [-0.05, 0) is 49.1 Å². The average molecular weight is 302 g/mol. The predicted octanol–water partition coefficient (Wildman–Crippen LogP) is 4.06. The Labute approximate surface area is 135 Å². The summed E-state index contributed by atoms with van der Waals surface area (Å²) in [5, 5.41) is 10.4. The number of fused-ring (bicyclic) bond motifs is 3. The molecule has 0 spiro atoms. The third-order valence-corrected chi connectivity index (χ3v) is 4.78. The van der Waals surface area contributed by atoms with Gasteiger partial charge in [0.1, 0.15) is 5.75 Å². The molecule has 1 aliphatic carbocycles. The standard InChI is InChI=1S/C20H18N2O/c1-23-20-8-3-2-5-15(20)13-22-18-7-4-6-16(18)17-11-14(12-21)9-10-19(17)22/h2-3,5,8-11H,4,6-7,13H2,1H3. The van der Waals surface area contributed by atoms with Crippen LogP contribution in [0.4, 0.5) is 0 Å². The lowest BCUT2D eigenvalue weighted by molar-refractivity contribution is 0.408. The summed E-state index contributed by atoms with van der Waals surface area (Å²) in [6.07, 6.45) is 3.42. The van der Waals surface area contributed by atoms with Gasteiger partial charge in [0.2, 0.25) is 0 Å². The summed E-state index contributed by atoms with van der Waals surface area (Å²) in [6.45, 7) is 0.807. The van der Waals surface area contributed by atoms with E-state index in [4.69, 9.17) is 4.74 Å². The van der Waals surface area contributed by atoms with E-state index in [9.17, 15) is 5.26 Å². The van der Waals surface area contributed by atoms with E-state index < -0.39 is 0 Å². The number of aryl methyl sites for hydroxylation is 1. The maximum atomic E-state index is 9.18. The molecular weight excluding hydrogens is 284 g/mol. The van der Waals surface area contributed by atoms with Gasteiger partial charge in [0.25, 0.3) is 0 Å². The first-order chi connectivity index (χ1) is 11.3. The second-order valence-corrected chi connectivity index (χ2v) is 6.02. The molecule has 1 heterocycles.